The predicted octanol–water partition coefficient (Wildman–Crippen LogP) is 2.66. The van der Waals surface area contributed by atoms with Gasteiger partial charge in [0.1, 0.15) is 18.7 Å². The number of imide groups is 1. The predicted molar refractivity (Wildman–Crippen MR) is 100 cm³/mol. The highest BCUT2D eigenvalue weighted by Crippen LogP contribution is 2.38. The lowest BCUT2D eigenvalue weighted by Gasteiger charge is -2.22. The number of rotatable bonds is 6. The lowest BCUT2D eigenvalue weighted by Crippen LogP contribution is -2.46. The van der Waals surface area contributed by atoms with Crippen LogP contribution in [0.3, 0.4) is 0 Å². The summed E-state index contributed by atoms with van der Waals surface area (Å²) in [6.07, 6.45) is 1.66. The number of hydrogen-bond acceptors (Lipinski definition) is 6. The minimum atomic E-state index is -0.945. The molecule has 0 aromatic heterocycles. The molecule has 1 saturated heterocycles. The molecule has 0 radical (unpaired) electrons. The van der Waals surface area contributed by atoms with E-state index in [0.717, 1.165) is 11.3 Å². The highest BCUT2D eigenvalue weighted by molar-refractivity contribution is 6.32. The highest BCUT2D eigenvalue weighted by Gasteiger charge is 2.49. The first-order valence-corrected chi connectivity index (χ1v) is 9.65. The first-order valence-electron chi connectivity index (χ1n) is 9.28. The number of nitrogens with one attached hydrogen (secondary N) is 1. The highest BCUT2D eigenvalue weighted by atomic mass is 35.5. The van der Waals surface area contributed by atoms with Crippen molar-refractivity contribution in [1.82, 2.24) is 10.2 Å². The van der Waals surface area contributed by atoms with E-state index < -0.39 is 30.0 Å². The molecule has 3 rings (SSSR count). The minimum Gasteiger partial charge on any atom is -0.489 e. The molecule has 1 fully saturated rings. The van der Waals surface area contributed by atoms with Crippen LogP contribution in [0.5, 0.6) is 11.5 Å². The van der Waals surface area contributed by atoms with Crippen LogP contribution in [0, 0.1) is 0 Å². The molecule has 1 aromatic rings. The summed E-state index contributed by atoms with van der Waals surface area (Å²) in [4.78, 5) is 37.7. The van der Waals surface area contributed by atoms with Crippen molar-refractivity contribution in [3.05, 3.63) is 22.7 Å². The summed E-state index contributed by atoms with van der Waals surface area (Å²) < 4.78 is 16.4. The molecule has 0 spiro atoms. The molecule has 2 heterocycles. The SMILES string of the molecule is CCC1(CC)NC(=O)N(CC(=O)OCc2cc(Cl)c3c(c2)OCCCO3)C1=O. The van der Waals surface area contributed by atoms with Crippen LogP contribution in [0.4, 0.5) is 4.79 Å². The fourth-order valence-corrected chi connectivity index (χ4v) is 3.54. The van der Waals surface area contributed by atoms with Gasteiger partial charge < -0.3 is 19.5 Å². The second-order valence-corrected chi connectivity index (χ2v) is 7.13. The molecule has 152 valence electrons. The van der Waals surface area contributed by atoms with Gasteiger partial charge in [0.05, 0.1) is 18.2 Å². The van der Waals surface area contributed by atoms with Crippen LogP contribution < -0.4 is 14.8 Å². The molecule has 9 heteroatoms. The van der Waals surface area contributed by atoms with Crippen molar-refractivity contribution in [3.8, 4) is 11.5 Å². The third-order valence-corrected chi connectivity index (χ3v) is 5.28. The Kier molecular flexibility index (Phi) is 5.98. The summed E-state index contributed by atoms with van der Waals surface area (Å²) in [6, 6.07) is 2.76. The average molecular weight is 411 g/mol. The zero-order chi connectivity index (χ0) is 20.3. The second-order valence-electron chi connectivity index (χ2n) is 6.73. The van der Waals surface area contributed by atoms with Gasteiger partial charge in [0.25, 0.3) is 5.91 Å². The maximum absolute atomic E-state index is 12.5. The summed E-state index contributed by atoms with van der Waals surface area (Å²) in [6.45, 7) is 4.16. The van der Waals surface area contributed by atoms with Crippen molar-refractivity contribution < 1.29 is 28.6 Å². The zero-order valence-corrected chi connectivity index (χ0v) is 16.6. The number of carbonyl (C=O) groups excluding carboxylic acids is 3. The fourth-order valence-electron chi connectivity index (χ4n) is 3.26. The van der Waals surface area contributed by atoms with Crippen molar-refractivity contribution in [2.45, 2.75) is 45.3 Å². The normalized spacial score (nSPS) is 17.9. The van der Waals surface area contributed by atoms with E-state index in [0.29, 0.717) is 48.1 Å². The van der Waals surface area contributed by atoms with Crippen molar-refractivity contribution in [2.24, 2.45) is 0 Å². The summed E-state index contributed by atoms with van der Waals surface area (Å²) >= 11 is 6.22. The van der Waals surface area contributed by atoms with Crippen molar-refractivity contribution in [3.63, 3.8) is 0 Å². The molecule has 2 aliphatic heterocycles. The Bertz CT molecular complexity index is 793. The van der Waals surface area contributed by atoms with Gasteiger partial charge in [-0.15, -0.1) is 0 Å². The Morgan fingerprint density at radius 1 is 1.25 bits per heavy atom. The number of fused-ring (bicyclic) bond motifs is 1. The molecule has 0 atom stereocenters. The number of urea groups is 1. The first-order chi connectivity index (χ1) is 13.4. The van der Waals surface area contributed by atoms with Gasteiger partial charge in [0, 0.05) is 6.42 Å². The van der Waals surface area contributed by atoms with E-state index in [9.17, 15) is 14.4 Å². The van der Waals surface area contributed by atoms with Crippen LogP contribution in [-0.2, 0) is 20.9 Å². The van der Waals surface area contributed by atoms with Gasteiger partial charge in [0.2, 0.25) is 0 Å². The van der Waals surface area contributed by atoms with Gasteiger partial charge in [-0.05, 0) is 30.5 Å². The molecule has 3 amide bonds. The van der Waals surface area contributed by atoms with Gasteiger partial charge in [-0.1, -0.05) is 25.4 Å². The number of nitrogens with zero attached hydrogens (tertiary/aromatic N) is 1. The summed E-state index contributed by atoms with van der Waals surface area (Å²) in [5, 5.41) is 3.05. The van der Waals surface area contributed by atoms with E-state index in [2.05, 4.69) is 5.32 Å². The molecule has 0 saturated carbocycles. The summed E-state index contributed by atoms with van der Waals surface area (Å²) in [7, 11) is 0. The summed E-state index contributed by atoms with van der Waals surface area (Å²) in [5.41, 5.74) is -0.324. The van der Waals surface area contributed by atoms with Crippen LogP contribution >= 0.6 is 11.6 Å². The van der Waals surface area contributed by atoms with E-state index in [1.54, 1.807) is 12.1 Å². The Morgan fingerprint density at radius 3 is 2.64 bits per heavy atom. The van der Waals surface area contributed by atoms with Gasteiger partial charge in [-0.25, -0.2) is 4.79 Å². The molecule has 2 aliphatic rings. The smallest absolute Gasteiger partial charge is 0.326 e. The van der Waals surface area contributed by atoms with E-state index in [4.69, 9.17) is 25.8 Å². The maximum atomic E-state index is 12.5. The molecule has 28 heavy (non-hydrogen) atoms. The lowest BCUT2D eigenvalue weighted by atomic mass is 9.93. The van der Waals surface area contributed by atoms with Crippen molar-refractivity contribution >= 4 is 29.5 Å². The van der Waals surface area contributed by atoms with Gasteiger partial charge in [0.15, 0.2) is 11.5 Å². The zero-order valence-electron chi connectivity index (χ0n) is 15.9. The number of ether oxygens (including phenoxy) is 3. The van der Waals surface area contributed by atoms with E-state index in [-0.39, 0.29) is 6.61 Å². The molecular weight excluding hydrogens is 388 g/mol. The van der Waals surface area contributed by atoms with E-state index in [1.807, 2.05) is 13.8 Å². The molecular formula is C19H23ClN2O6. The Labute approximate surface area is 168 Å². The third kappa shape index (κ3) is 3.87. The van der Waals surface area contributed by atoms with Crippen LogP contribution in [0.1, 0.15) is 38.7 Å². The fraction of sp³-hybridized carbons (Fsp3) is 0.526. The molecule has 0 aliphatic carbocycles. The van der Waals surface area contributed by atoms with Crippen LogP contribution in [-0.4, -0.2) is 48.1 Å². The van der Waals surface area contributed by atoms with Gasteiger partial charge >= 0.3 is 12.0 Å². The first kappa shape index (κ1) is 20.3. The monoisotopic (exact) mass is 410 g/mol. The minimum absolute atomic E-state index is 0.0639. The van der Waals surface area contributed by atoms with Gasteiger partial charge in [-0.3, -0.25) is 14.5 Å². The number of halogens is 1. The Morgan fingerprint density at radius 2 is 1.96 bits per heavy atom. The topological polar surface area (TPSA) is 94.2 Å². The standard InChI is InChI=1S/C19H23ClN2O6/c1-3-19(4-2)17(24)22(18(25)21-19)10-15(23)28-11-12-8-13(20)16-14(9-12)26-6-5-7-27-16/h8-9H,3-7,10-11H2,1-2H3,(H,21,25). The molecule has 1 aromatic carbocycles. The van der Waals surface area contributed by atoms with Gasteiger partial charge in [-0.2, -0.15) is 0 Å². The molecule has 1 N–H and O–H groups in total. The number of amides is 3. The average Bonchev–Trinajstić information content (AvgIpc) is 2.84. The maximum Gasteiger partial charge on any atom is 0.326 e. The molecule has 8 nitrogen and oxygen atoms in total. The second kappa shape index (κ2) is 8.26. The number of esters is 1. The largest absolute Gasteiger partial charge is 0.489 e. The molecule has 0 bridgehead atoms. The Hall–Kier alpha value is -2.48. The third-order valence-electron chi connectivity index (χ3n) is 5.00. The number of hydrogen-bond donors (Lipinski definition) is 1. The summed E-state index contributed by atoms with van der Waals surface area (Å²) in [5.74, 6) is -0.113. The molecule has 0 unspecified atom stereocenters. The quantitative estimate of drug-likeness (QED) is 0.572. The Balaban J connectivity index is 1.62. The lowest BCUT2D eigenvalue weighted by molar-refractivity contribution is -0.148. The van der Waals surface area contributed by atoms with E-state index in [1.165, 1.54) is 0 Å². The number of carbonyl (C=O) groups is 3. The number of benzene rings is 1. The van der Waals surface area contributed by atoms with Crippen LogP contribution in [0.15, 0.2) is 12.1 Å². The van der Waals surface area contributed by atoms with Crippen LogP contribution in [0.2, 0.25) is 5.02 Å². The van der Waals surface area contributed by atoms with Crippen molar-refractivity contribution in [1.29, 1.82) is 0 Å². The van der Waals surface area contributed by atoms with E-state index >= 15 is 0 Å². The van der Waals surface area contributed by atoms with Crippen molar-refractivity contribution in [2.75, 3.05) is 19.8 Å². The van der Waals surface area contributed by atoms with Crippen LogP contribution in [0.25, 0.3) is 0 Å².